The normalized spacial score (nSPS) is 17.4. The number of aromatic nitrogens is 3. The van der Waals surface area contributed by atoms with E-state index >= 15 is 4.39 Å². The summed E-state index contributed by atoms with van der Waals surface area (Å²) in [7, 11) is 0. The number of benzene rings is 2. The van der Waals surface area contributed by atoms with E-state index in [2.05, 4.69) is 16.0 Å². The fourth-order valence-electron chi connectivity index (χ4n) is 5.20. The average molecular weight is 550 g/mol. The first-order valence-electron chi connectivity index (χ1n) is 12.5. The average Bonchev–Trinajstić information content (AvgIpc) is 2.90. The molecule has 0 aliphatic carbocycles. The van der Waals surface area contributed by atoms with Crippen LogP contribution < -0.4 is 9.80 Å². The highest BCUT2D eigenvalue weighted by Gasteiger charge is 2.33. The van der Waals surface area contributed by atoms with Crippen LogP contribution in [0.2, 0.25) is 5.02 Å². The Morgan fingerprint density at radius 3 is 2.67 bits per heavy atom. The van der Waals surface area contributed by atoms with Gasteiger partial charge < -0.3 is 19.8 Å². The Hall–Kier alpha value is -4.30. The molecule has 9 nitrogen and oxygen atoms in total. The molecule has 0 spiro atoms. The number of nitrogens with zero attached hydrogens (tertiary/aromatic N) is 7. The van der Waals surface area contributed by atoms with Gasteiger partial charge in [-0.25, -0.2) is 18.6 Å². The van der Waals surface area contributed by atoms with Crippen molar-refractivity contribution < 1.29 is 18.7 Å². The molecule has 1 amide bonds. The Morgan fingerprint density at radius 1 is 1.13 bits per heavy atom. The second-order valence-electron chi connectivity index (χ2n) is 9.57. The number of piperazine rings is 1. The summed E-state index contributed by atoms with van der Waals surface area (Å²) in [4.78, 5) is 30.5. The van der Waals surface area contributed by atoms with Crippen molar-refractivity contribution >= 4 is 51.1 Å². The van der Waals surface area contributed by atoms with E-state index in [9.17, 15) is 19.6 Å². The van der Waals surface area contributed by atoms with Gasteiger partial charge in [0.25, 0.3) is 0 Å². The smallest absolute Gasteiger partial charge is 0.407 e. The van der Waals surface area contributed by atoms with Gasteiger partial charge >= 0.3 is 6.09 Å². The molecule has 12 heteroatoms. The number of anilines is 2. The molecule has 4 heterocycles. The first-order chi connectivity index (χ1) is 18.9. The number of hydrogen-bond donors (Lipinski definition) is 1. The third kappa shape index (κ3) is 4.21. The van der Waals surface area contributed by atoms with Crippen molar-refractivity contribution in [3.05, 3.63) is 53.2 Å². The van der Waals surface area contributed by atoms with E-state index in [0.717, 1.165) is 19.5 Å². The number of carboxylic acid groups (broad SMARTS) is 1. The Morgan fingerprint density at radius 2 is 1.95 bits per heavy atom. The van der Waals surface area contributed by atoms with Crippen LogP contribution in [0.1, 0.15) is 12.8 Å². The maximum atomic E-state index is 16.3. The van der Waals surface area contributed by atoms with Gasteiger partial charge in [-0.05, 0) is 17.9 Å². The maximum absolute atomic E-state index is 16.3. The molecule has 1 N–H and O–H groups in total. The number of pyridine rings is 1. The molecule has 2 aliphatic heterocycles. The van der Waals surface area contributed by atoms with Crippen molar-refractivity contribution in [1.82, 2.24) is 19.9 Å². The molecule has 0 saturated carbocycles. The van der Waals surface area contributed by atoms with E-state index in [4.69, 9.17) is 16.6 Å². The number of rotatable bonds is 4. The van der Waals surface area contributed by atoms with Crippen LogP contribution >= 0.6 is 11.6 Å². The van der Waals surface area contributed by atoms with E-state index in [-0.39, 0.29) is 35.7 Å². The molecule has 198 valence electrons. The number of hydrogen-bond acceptors (Lipinski definition) is 7. The fourth-order valence-corrected chi connectivity index (χ4v) is 5.48. The zero-order chi connectivity index (χ0) is 27.3. The predicted molar refractivity (Wildman–Crippen MR) is 143 cm³/mol. The Bertz CT molecular complexity index is 1670. The van der Waals surface area contributed by atoms with Gasteiger partial charge in [0, 0.05) is 49.9 Å². The summed E-state index contributed by atoms with van der Waals surface area (Å²) in [5.74, 6) is -0.521. The molecule has 4 aromatic rings. The van der Waals surface area contributed by atoms with Gasteiger partial charge in [-0.15, -0.1) is 0 Å². The lowest BCUT2D eigenvalue weighted by molar-refractivity contribution is 0.119. The summed E-state index contributed by atoms with van der Waals surface area (Å²) in [5.41, 5.74) is 0.373. The molecule has 2 saturated heterocycles. The van der Waals surface area contributed by atoms with Crippen molar-refractivity contribution in [2.24, 2.45) is 0 Å². The molecule has 2 aromatic heterocycles. The molecule has 2 aromatic carbocycles. The van der Waals surface area contributed by atoms with Crippen LogP contribution in [0.5, 0.6) is 0 Å². The van der Waals surface area contributed by atoms with Crippen LogP contribution in [0.3, 0.4) is 0 Å². The van der Waals surface area contributed by atoms with E-state index in [1.54, 1.807) is 24.3 Å². The molecule has 0 radical (unpaired) electrons. The minimum atomic E-state index is -1.09. The highest BCUT2D eigenvalue weighted by atomic mass is 35.5. The molecular formula is C27H22ClF2N7O2. The quantitative estimate of drug-likeness (QED) is 0.376. The molecule has 39 heavy (non-hydrogen) atoms. The monoisotopic (exact) mass is 549 g/mol. The number of nitriles is 1. The molecule has 2 aliphatic rings. The standard InChI is InChI=1S/C27H22ClF2N7O2/c28-21-19(29)6-5-15-3-1-4-17(20(15)21)23-22(30)24-18(13-32-23)25(34-26(33-24)35-9-2-10-35)36-11-12-37(27(38)39)16(14-36)7-8-31/h1,3-6,13,16H,2,7,9-12,14H2,(H,38,39). The molecule has 0 bridgehead atoms. The van der Waals surface area contributed by atoms with Crippen LogP contribution in [0.4, 0.5) is 25.3 Å². The lowest BCUT2D eigenvalue weighted by Gasteiger charge is -2.40. The van der Waals surface area contributed by atoms with E-state index < -0.39 is 23.8 Å². The Balaban J connectivity index is 1.52. The third-order valence-electron chi connectivity index (χ3n) is 7.34. The number of amides is 1. The van der Waals surface area contributed by atoms with Crippen molar-refractivity contribution in [2.75, 3.05) is 42.5 Å². The van der Waals surface area contributed by atoms with Gasteiger partial charge in [0.2, 0.25) is 5.95 Å². The zero-order valence-corrected chi connectivity index (χ0v) is 21.4. The van der Waals surface area contributed by atoms with Crippen LogP contribution in [0, 0.1) is 23.0 Å². The van der Waals surface area contributed by atoms with Gasteiger partial charge in [-0.3, -0.25) is 4.98 Å². The van der Waals surface area contributed by atoms with Crippen LogP contribution in [-0.2, 0) is 0 Å². The molecule has 6 rings (SSSR count). The van der Waals surface area contributed by atoms with Gasteiger partial charge in [0.05, 0.1) is 28.9 Å². The summed E-state index contributed by atoms with van der Waals surface area (Å²) in [6, 6.07) is 9.46. The lowest BCUT2D eigenvalue weighted by Crippen LogP contribution is -2.55. The van der Waals surface area contributed by atoms with Crippen LogP contribution in [-0.4, -0.2) is 69.8 Å². The van der Waals surface area contributed by atoms with Crippen molar-refractivity contribution in [1.29, 1.82) is 5.26 Å². The molecule has 2 fully saturated rings. The lowest BCUT2D eigenvalue weighted by atomic mass is 10.0. The van der Waals surface area contributed by atoms with Crippen LogP contribution in [0.25, 0.3) is 32.9 Å². The fraction of sp³-hybridized carbons (Fsp3) is 0.296. The van der Waals surface area contributed by atoms with E-state index in [0.29, 0.717) is 40.0 Å². The number of halogens is 3. The van der Waals surface area contributed by atoms with Crippen LogP contribution in [0.15, 0.2) is 36.5 Å². The Labute approximate surface area is 226 Å². The van der Waals surface area contributed by atoms with Gasteiger partial charge in [-0.2, -0.15) is 10.2 Å². The highest BCUT2D eigenvalue weighted by molar-refractivity contribution is 6.36. The highest BCUT2D eigenvalue weighted by Crippen LogP contribution is 2.38. The molecule has 1 atom stereocenters. The molecule has 1 unspecified atom stereocenters. The summed E-state index contributed by atoms with van der Waals surface area (Å²) < 4.78 is 30.7. The SMILES string of the molecule is N#CCC1CN(c2nc(N3CCC3)nc3c(F)c(-c4cccc5ccc(F)c(Cl)c45)ncc23)CCN1C(=O)O. The first kappa shape index (κ1) is 25.0. The summed E-state index contributed by atoms with van der Waals surface area (Å²) in [5, 5.41) is 20.1. The topological polar surface area (TPSA) is 109 Å². The second kappa shape index (κ2) is 9.78. The van der Waals surface area contributed by atoms with Crippen molar-refractivity contribution in [3.63, 3.8) is 0 Å². The number of carbonyl (C=O) groups is 1. The molecular weight excluding hydrogens is 528 g/mol. The summed E-state index contributed by atoms with van der Waals surface area (Å²) in [6.07, 6.45) is 1.37. The third-order valence-corrected chi connectivity index (χ3v) is 7.71. The minimum absolute atomic E-state index is 0.0138. The predicted octanol–water partition coefficient (Wildman–Crippen LogP) is 5.07. The first-order valence-corrected chi connectivity index (χ1v) is 12.8. The van der Waals surface area contributed by atoms with E-state index in [1.807, 2.05) is 9.80 Å². The summed E-state index contributed by atoms with van der Waals surface area (Å²) >= 11 is 6.31. The number of fused-ring (bicyclic) bond motifs is 2. The van der Waals surface area contributed by atoms with E-state index in [1.165, 1.54) is 17.2 Å². The Kier molecular flexibility index (Phi) is 6.27. The van der Waals surface area contributed by atoms with Gasteiger partial charge in [-0.1, -0.05) is 35.9 Å². The van der Waals surface area contributed by atoms with Gasteiger partial charge in [0.1, 0.15) is 22.8 Å². The van der Waals surface area contributed by atoms with Gasteiger partial charge in [0.15, 0.2) is 5.82 Å². The summed E-state index contributed by atoms with van der Waals surface area (Å²) in [6.45, 7) is 2.15. The maximum Gasteiger partial charge on any atom is 0.407 e. The zero-order valence-electron chi connectivity index (χ0n) is 20.6. The minimum Gasteiger partial charge on any atom is -0.465 e. The van der Waals surface area contributed by atoms with Crippen molar-refractivity contribution in [2.45, 2.75) is 18.9 Å². The second-order valence-corrected chi connectivity index (χ2v) is 9.95. The largest absolute Gasteiger partial charge is 0.465 e. The van der Waals surface area contributed by atoms with Crippen molar-refractivity contribution in [3.8, 4) is 17.3 Å².